The summed E-state index contributed by atoms with van der Waals surface area (Å²) in [6.07, 6.45) is 10.9. The number of carbonyl (C=O) groups is 8. The number of amides is 8. The van der Waals surface area contributed by atoms with Gasteiger partial charge >= 0.3 is 0 Å². The van der Waals surface area contributed by atoms with E-state index in [9.17, 15) is 58.8 Å². The highest BCUT2D eigenvalue weighted by Gasteiger charge is 2.27. The summed E-state index contributed by atoms with van der Waals surface area (Å²) < 4.78 is 0. The van der Waals surface area contributed by atoms with E-state index < -0.39 is 47.3 Å². The molecule has 0 saturated carbocycles. The number of pyridine rings is 4. The van der Waals surface area contributed by atoms with Crippen LogP contribution < -0.4 is 48.3 Å². The summed E-state index contributed by atoms with van der Waals surface area (Å²) in [6.45, 7) is 5.06. The van der Waals surface area contributed by atoms with Gasteiger partial charge < -0.3 is 83.9 Å². The van der Waals surface area contributed by atoms with Crippen molar-refractivity contribution in [3.63, 3.8) is 0 Å². The maximum atomic E-state index is 12.9. The van der Waals surface area contributed by atoms with Gasteiger partial charge in [-0.2, -0.15) is 0 Å². The molecule has 658 valence electrons. The number of halogens is 8. The second-order valence-electron chi connectivity index (χ2n) is 28.3. The average molecular weight is 1900 g/mol. The molecule has 2 aliphatic heterocycles. The molecule has 0 radical (unpaired) electrons. The predicted octanol–water partition coefficient (Wildman–Crippen LogP) is 19.3. The van der Waals surface area contributed by atoms with Gasteiger partial charge in [0.05, 0.1) is 65.1 Å². The van der Waals surface area contributed by atoms with Crippen LogP contribution in [0.4, 0.5) is 46.0 Å². The first-order valence-corrected chi connectivity index (χ1v) is 41.7. The molecule has 39 heteroatoms. The zero-order chi connectivity index (χ0) is 92.9. The molecule has 14 rings (SSSR count). The minimum atomic E-state index is -0.648. The van der Waals surface area contributed by atoms with Gasteiger partial charge in [0.15, 0.2) is 0 Å². The number of nitrogens with two attached hydrogens (primary N) is 1. The Morgan fingerprint density at radius 1 is 0.287 bits per heavy atom. The van der Waals surface area contributed by atoms with Crippen molar-refractivity contribution in [1.82, 2.24) is 29.7 Å². The molecule has 2 saturated heterocycles. The Labute approximate surface area is 776 Å². The number of aromatic hydroxyl groups is 4. The van der Waals surface area contributed by atoms with Crippen LogP contribution in [-0.2, 0) is 0 Å². The van der Waals surface area contributed by atoms with Gasteiger partial charge in [0, 0.05) is 140 Å². The highest BCUT2D eigenvalue weighted by atomic mass is 35.5. The fourth-order valence-corrected chi connectivity index (χ4v) is 13.8. The second kappa shape index (κ2) is 44.2. The van der Waals surface area contributed by atoms with Gasteiger partial charge in [-0.3, -0.25) is 54.6 Å². The molecule has 0 atom stereocenters. The Morgan fingerprint density at radius 3 is 0.721 bits per heavy atom. The van der Waals surface area contributed by atoms with E-state index in [2.05, 4.69) is 62.5 Å². The largest absolute Gasteiger partial charge is 0.506 e. The molecule has 31 nitrogen and oxygen atoms in total. The summed E-state index contributed by atoms with van der Waals surface area (Å²) >= 11 is 47.3. The molecule has 0 bridgehead atoms. The van der Waals surface area contributed by atoms with Gasteiger partial charge in [0.2, 0.25) is 0 Å². The molecule has 129 heavy (non-hydrogen) atoms. The first kappa shape index (κ1) is 95.4. The summed E-state index contributed by atoms with van der Waals surface area (Å²) in [5.41, 5.74) is 8.89. The van der Waals surface area contributed by atoms with E-state index in [-0.39, 0.29) is 123 Å². The van der Waals surface area contributed by atoms with E-state index in [1.54, 1.807) is 104 Å². The fourth-order valence-electron chi connectivity index (χ4n) is 12.5. The average Bonchev–Trinajstić information content (AvgIpc) is 1.16. The molecule has 2 fully saturated rings. The van der Waals surface area contributed by atoms with Crippen molar-refractivity contribution in [2.45, 2.75) is 39.0 Å². The number of likely N-dealkylation sites (tertiary alicyclic amines) is 2. The zero-order valence-corrected chi connectivity index (χ0v) is 73.5. The Hall–Kier alpha value is -14.3. The number of rotatable bonds is 20. The number of benzene rings is 8. The monoisotopic (exact) mass is 1890 g/mol. The third-order valence-corrected chi connectivity index (χ3v) is 20.9. The van der Waals surface area contributed by atoms with Gasteiger partial charge in [-0.25, -0.2) is 19.9 Å². The van der Waals surface area contributed by atoms with Crippen molar-refractivity contribution in [3.05, 3.63) is 326 Å². The number of anilines is 8. The molecular weight excluding hydrogens is 1820 g/mol. The molecule has 6 heterocycles. The van der Waals surface area contributed by atoms with Crippen molar-refractivity contribution >= 4 is 209 Å². The van der Waals surface area contributed by atoms with Crippen LogP contribution in [0.5, 0.6) is 23.0 Å². The number of nitrogens with one attached hydrogen (secondary N) is 12. The topological polar surface area (TPSA) is 493 Å². The molecule has 8 aromatic carbocycles. The highest BCUT2D eigenvalue weighted by Crippen LogP contribution is 2.38. The third-order valence-electron chi connectivity index (χ3n) is 19.1. The quantitative estimate of drug-likeness (QED) is 0.0191. The lowest BCUT2D eigenvalue weighted by Gasteiger charge is -2.29. The number of amidine groups is 3. The SMILES string of the molecule is CC(=N)c1ccc(C(=O)Nc2c(O)cc(Cl)cc2C(=O)Nc2ccc(Cl)cn2)cc1.N=C(N)c1ccc(C(=O)Nc2c(O)cc(Cl)cc2C(=O)Nc2ccc(Cl)cn2)cc1.N=C(c1ccc(C(=O)Nc2c(O)cc(Cl)cc2C(=O)Nc2ccc(Cl)cn2)cc1)N1CCCC1.N=C(c1ccc(C(=O)Nc2c(O)cc(Cl)cc2C(=O)Nc2ccc(Cl)cn2)cc1)N1CCCCC1. The van der Waals surface area contributed by atoms with Gasteiger partial charge in [0.25, 0.3) is 47.3 Å². The number of aromatic nitrogens is 4. The van der Waals surface area contributed by atoms with Crippen molar-refractivity contribution in [1.29, 1.82) is 21.6 Å². The minimum Gasteiger partial charge on any atom is -0.506 e. The van der Waals surface area contributed by atoms with Crippen LogP contribution in [-0.4, -0.2) is 147 Å². The summed E-state index contributed by atoms with van der Waals surface area (Å²) in [4.78, 5) is 122. The number of phenolic OH excluding ortho intramolecular Hbond substituents is 4. The lowest BCUT2D eigenvalue weighted by molar-refractivity contribution is 0.101. The van der Waals surface area contributed by atoms with Crippen LogP contribution >= 0.6 is 92.8 Å². The number of piperidine rings is 1. The Balaban J connectivity index is 0.000000167. The maximum Gasteiger partial charge on any atom is 0.259 e. The van der Waals surface area contributed by atoms with Crippen LogP contribution in [0.1, 0.15) is 144 Å². The smallest absolute Gasteiger partial charge is 0.259 e. The molecular formula is C90H75Cl8N19O12. The predicted molar refractivity (Wildman–Crippen MR) is 502 cm³/mol. The fraction of sp³-hybridized carbons (Fsp3) is 0.111. The van der Waals surface area contributed by atoms with E-state index in [4.69, 9.17) is 120 Å². The van der Waals surface area contributed by atoms with Crippen LogP contribution in [0.25, 0.3) is 0 Å². The third kappa shape index (κ3) is 26.2. The molecule has 0 spiro atoms. The number of carbonyl (C=O) groups excluding carboxylic acids is 8. The summed E-state index contributed by atoms with van der Waals surface area (Å²) in [7, 11) is 0. The minimum absolute atomic E-state index is 0.0383. The van der Waals surface area contributed by atoms with Gasteiger partial charge in [0.1, 0.15) is 63.8 Å². The standard InChI is InChI=1S/C25H23Cl2N5O3.C24H21Cl2N5O3.C21H16Cl2N4O3.C20H15Cl2N5O3/c26-17-8-9-21(29-14-17)30-25(35)19-12-18(27)13-20(33)22(19)31-24(34)16-6-4-15(5-7-16)23(28)32-10-2-1-3-11-32;25-16-7-8-20(28-13-16)29-24(34)18-11-17(26)12-19(32)21(18)30-23(33)15-5-3-14(4-6-15)22(27)31-9-1-2-10-31;1-11(24)12-2-4-13(5-3-12)20(29)27-19-16(8-15(23)9-17(19)28)21(30)26-18-7-6-14(22)10-25-18;21-12-5-6-16(25-9-12)26-20(30)14-7-13(22)8-15(28)17(14)27-19(29)11-3-1-10(2-4-11)18(23)24/h4-9,12-14,28,33H,1-3,10-11H2,(H,31,34)(H,29,30,35);3-8,11-13,27,32H,1-2,9-10H2,(H,30,33)(H,28,29,34);2-10,24,28H,1H3,(H,27,29)(H,25,26,30);1-9,28H,(H3,23,24)(H,27,29)(H,25,26,30). The molecule has 0 aliphatic carbocycles. The summed E-state index contributed by atoms with van der Waals surface area (Å²) in [5, 5.41) is 95.8. The number of nitrogen functional groups attached to an aromatic ring is 1. The van der Waals surface area contributed by atoms with Crippen molar-refractivity contribution in [3.8, 4) is 23.0 Å². The molecule has 4 aromatic heterocycles. The molecule has 2 aliphatic rings. The highest BCUT2D eigenvalue weighted by molar-refractivity contribution is 6.35. The van der Waals surface area contributed by atoms with Gasteiger partial charge in [-0.05, 0) is 166 Å². The zero-order valence-electron chi connectivity index (χ0n) is 67.5. The van der Waals surface area contributed by atoms with Crippen molar-refractivity contribution in [2.75, 3.05) is 68.7 Å². The lowest BCUT2D eigenvalue weighted by atomic mass is 10.1. The first-order chi connectivity index (χ1) is 61.6. The van der Waals surface area contributed by atoms with E-state index in [0.29, 0.717) is 76.4 Å². The Morgan fingerprint density at radius 2 is 0.504 bits per heavy atom. The first-order valence-electron chi connectivity index (χ1n) is 38.7. The number of phenols is 4. The Bertz CT molecular complexity index is 6100. The van der Waals surface area contributed by atoms with Gasteiger partial charge in [-0.15, -0.1) is 0 Å². The van der Waals surface area contributed by atoms with Crippen molar-refractivity contribution in [2.24, 2.45) is 5.73 Å². The maximum absolute atomic E-state index is 12.9. The van der Waals surface area contributed by atoms with Crippen molar-refractivity contribution < 1.29 is 58.8 Å². The molecule has 18 N–H and O–H groups in total. The van der Waals surface area contributed by atoms with E-state index in [1.165, 1.54) is 128 Å². The normalized spacial score (nSPS) is 11.8. The molecule has 8 amide bonds. The number of hydrogen-bond acceptors (Lipinski definition) is 20. The van der Waals surface area contributed by atoms with Crippen LogP contribution in [0.15, 0.2) is 219 Å². The van der Waals surface area contributed by atoms with E-state index >= 15 is 0 Å². The second-order valence-corrected chi connectivity index (χ2v) is 31.7. The van der Waals surface area contributed by atoms with Gasteiger partial charge in [-0.1, -0.05) is 141 Å². The number of hydrogen-bond donors (Lipinski definition) is 17. The van der Waals surface area contributed by atoms with E-state index in [0.717, 1.165) is 51.9 Å². The molecule has 12 aromatic rings. The summed E-state index contributed by atoms with van der Waals surface area (Å²) in [5.74, 6) is -4.52. The van der Waals surface area contributed by atoms with E-state index in [1.807, 2.05) is 9.80 Å². The number of nitrogens with zero attached hydrogens (tertiary/aromatic N) is 6. The van der Waals surface area contributed by atoms with Crippen LogP contribution in [0.2, 0.25) is 40.2 Å². The Kier molecular flexibility index (Phi) is 32.7. The lowest BCUT2D eigenvalue weighted by Crippen LogP contribution is -2.35. The summed E-state index contributed by atoms with van der Waals surface area (Å²) in [6, 6.07) is 48.1. The van der Waals surface area contributed by atoms with Crippen LogP contribution in [0.3, 0.4) is 0 Å². The molecule has 0 unspecified atom stereocenters. The van der Waals surface area contributed by atoms with Crippen LogP contribution in [0, 0.1) is 21.6 Å².